The van der Waals surface area contributed by atoms with Crippen LogP contribution in [0, 0.1) is 0 Å². The van der Waals surface area contributed by atoms with Gasteiger partial charge in [0.2, 0.25) is 0 Å². The zero-order valence-corrected chi connectivity index (χ0v) is 25.1. The Balaban J connectivity index is 0.000000208. The Morgan fingerprint density at radius 3 is 1.86 bits per heavy atom. The summed E-state index contributed by atoms with van der Waals surface area (Å²) in [6, 6.07) is 21.8. The number of phenols is 1. The average Bonchev–Trinajstić information content (AvgIpc) is 3.03. The lowest BCUT2D eigenvalue weighted by atomic mass is 9.89. The van der Waals surface area contributed by atoms with Crippen molar-refractivity contribution in [1.29, 1.82) is 0 Å². The Hall–Kier alpha value is -3.88. The molecule has 43 heavy (non-hydrogen) atoms. The number of carbonyl (C=O) groups is 2. The Kier molecular flexibility index (Phi) is 12.4. The van der Waals surface area contributed by atoms with Crippen LogP contribution in [0.25, 0.3) is 0 Å². The second kappa shape index (κ2) is 16.7. The van der Waals surface area contributed by atoms with Crippen LogP contribution in [-0.4, -0.2) is 55.7 Å². The molecule has 0 heterocycles. The van der Waals surface area contributed by atoms with Crippen molar-refractivity contribution in [3.63, 3.8) is 0 Å². The van der Waals surface area contributed by atoms with Gasteiger partial charge in [-0.15, -0.1) is 0 Å². The number of fused-ring (bicyclic) bond motifs is 2. The van der Waals surface area contributed by atoms with Crippen LogP contribution in [0.5, 0.6) is 11.5 Å². The van der Waals surface area contributed by atoms with E-state index < -0.39 is 0 Å². The van der Waals surface area contributed by atoms with Gasteiger partial charge in [0.25, 0.3) is 0 Å². The fourth-order valence-corrected chi connectivity index (χ4v) is 5.30. The molecule has 1 N–H and O–H groups in total. The van der Waals surface area contributed by atoms with Gasteiger partial charge in [-0.05, 0) is 104 Å². The maximum Gasteiger partial charge on any atom is 0.332 e. The molecule has 0 aliphatic heterocycles. The lowest BCUT2D eigenvalue weighted by Crippen LogP contribution is -2.26. The van der Waals surface area contributed by atoms with Crippen molar-refractivity contribution < 1.29 is 38.4 Å². The van der Waals surface area contributed by atoms with Gasteiger partial charge in [-0.25, -0.2) is 9.59 Å². The van der Waals surface area contributed by atoms with Gasteiger partial charge in [0.1, 0.15) is 31.3 Å². The van der Waals surface area contributed by atoms with Gasteiger partial charge in [-0.1, -0.05) is 42.5 Å². The number of rotatable bonds is 11. The number of aryl methyl sites for hydroxylation is 2. The molecule has 0 bridgehead atoms. The number of benzene rings is 3. The third kappa shape index (κ3) is 10.4. The topological polar surface area (TPSA) is 101 Å². The smallest absolute Gasteiger partial charge is 0.332 e. The SMILES string of the molecule is CCOC(=O)COC1CCc2cc(O)ccc2C1.CCOC(=O)COC1CCc2cc(OCc3ccccc3)ccc2C1. The highest BCUT2D eigenvalue weighted by atomic mass is 16.6. The molecule has 2 aliphatic rings. The molecule has 0 aromatic heterocycles. The van der Waals surface area contributed by atoms with Crippen molar-refractivity contribution in [2.45, 2.75) is 71.2 Å². The van der Waals surface area contributed by atoms with Crippen molar-refractivity contribution in [3.05, 3.63) is 94.5 Å². The average molecular weight is 591 g/mol. The second-order valence-electron chi connectivity index (χ2n) is 10.6. The zero-order chi connectivity index (χ0) is 30.4. The molecule has 0 amide bonds. The Labute approximate surface area is 253 Å². The Bertz CT molecular complexity index is 1320. The van der Waals surface area contributed by atoms with E-state index in [0.29, 0.717) is 25.6 Å². The summed E-state index contributed by atoms with van der Waals surface area (Å²) in [4.78, 5) is 22.6. The molecule has 0 saturated heterocycles. The fraction of sp³-hybridized carbons (Fsp3) is 0.429. The van der Waals surface area contributed by atoms with Gasteiger partial charge < -0.3 is 28.8 Å². The van der Waals surface area contributed by atoms with E-state index in [1.807, 2.05) is 30.3 Å². The highest BCUT2D eigenvalue weighted by molar-refractivity contribution is 5.71. The summed E-state index contributed by atoms with van der Waals surface area (Å²) in [5.74, 6) is 0.597. The van der Waals surface area contributed by atoms with E-state index in [1.165, 1.54) is 22.3 Å². The van der Waals surface area contributed by atoms with Crippen LogP contribution in [-0.2, 0) is 60.8 Å². The summed E-state index contributed by atoms with van der Waals surface area (Å²) < 4.78 is 26.9. The van der Waals surface area contributed by atoms with Gasteiger partial charge in [-0.3, -0.25) is 0 Å². The molecule has 3 aromatic rings. The predicted octanol–water partition coefficient (Wildman–Crippen LogP) is 5.53. The van der Waals surface area contributed by atoms with E-state index in [-0.39, 0.29) is 37.4 Å². The van der Waals surface area contributed by atoms with Crippen molar-refractivity contribution in [2.24, 2.45) is 0 Å². The number of aromatic hydroxyl groups is 1. The van der Waals surface area contributed by atoms with Crippen LogP contribution in [0.3, 0.4) is 0 Å². The van der Waals surface area contributed by atoms with Gasteiger partial charge in [0.15, 0.2) is 0 Å². The molecule has 230 valence electrons. The highest BCUT2D eigenvalue weighted by Gasteiger charge is 2.22. The quantitative estimate of drug-likeness (QED) is 0.291. The van der Waals surface area contributed by atoms with Crippen LogP contribution in [0.15, 0.2) is 66.7 Å². The van der Waals surface area contributed by atoms with E-state index in [9.17, 15) is 14.7 Å². The van der Waals surface area contributed by atoms with Crippen molar-refractivity contribution in [3.8, 4) is 11.5 Å². The maximum atomic E-state index is 11.4. The molecule has 0 saturated carbocycles. The van der Waals surface area contributed by atoms with Crippen LogP contribution in [0.1, 0.15) is 54.5 Å². The van der Waals surface area contributed by atoms with E-state index in [2.05, 4.69) is 24.3 Å². The summed E-state index contributed by atoms with van der Waals surface area (Å²) in [5.41, 5.74) is 6.10. The normalized spacial score (nSPS) is 17.0. The van der Waals surface area contributed by atoms with E-state index in [0.717, 1.165) is 49.8 Å². The third-order valence-corrected chi connectivity index (χ3v) is 7.47. The summed E-state index contributed by atoms with van der Waals surface area (Å²) >= 11 is 0. The standard InChI is InChI=1S/C21H24O4.C14H18O4/c1-2-23-21(22)15-25-20-11-9-17-12-19(10-8-18(17)13-20)24-14-16-6-4-3-5-7-16;1-2-17-14(16)9-18-13-6-4-10-7-12(15)5-3-11(10)8-13/h3-8,10,12,20H,2,9,11,13-15H2,1H3;3,5,7,13,15H,2,4,6,8-9H2,1H3. The summed E-state index contributed by atoms with van der Waals surface area (Å²) in [6.45, 7) is 4.98. The third-order valence-electron chi connectivity index (χ3n) is 7.47. The molecule has 5 rings (SSSR count). The van der Waals surface area contributed by atoms with Crippen LogP contribution in [0.4, 0.5) is 0 Å². The molecule has 8 heteroatoms. The Morgan fingerprint density at radius 1 is 0.721 bits per heavy atom. The number of esters is 2. The second-order valence-corrected chi connectivity index (χ2v) is 10.6. The zero-order valence-electron chi connectivity index (χ0n) is 25.1. The number of hydrogen-bond donors (Lipinski definition) is 1. The first-order chi connectivity index (χ1) is 20.9. The van der Waals surface area contributed by atoms with Gasteiger partial charge in [0.05, 0.1) is 25.4 Å². The summed E-state index contributed by atoms with van der Waals surface area (Å²) in [6.07, 6.45) is 5.34. The summed E-state index contributed by atoms with van der Waals surface area (Å²) in [5, 5.41) is 9.40. The molecular weight excluding hydrogens is 548 g/mol. The van der Waals surface area contributed by atoms with Crippen molar-refractivity contribution in [2.75, 3.05) is 26.4 Å². The van der Waals surface area contributed by atoms with E-state index in [1.54, 1.807) is 26.0 Å². The molecular formula is C35H42O8. The van der Waals surface area contributed by atoms with Crippen LogP contribution in [0.2, 0.25) is 0 Å². The van der Waals surface area contributed by atoms with Gasteiger partial charge in [-0.2, -0.15) is 0 Å². The molecule has 2 aliphatic carbocycles. The van der Waals surface area contributed by atoms with E-state index >= 15 is 0 Å². The lowest BCUT2D eigenvalue weighted by molar-refractivity contribution is -0.151. The molecule has 0 spiro atoms. The number of ether oxygens (including phenoxy) is 5. The first-order valence-electron chi connectivity index (χ1n) is 15.1. The monoisotopic (exact) mass is 590 g/mol. The minimum absolute atomic E-state index is 0.0198. The summed E-state index contributed by atoms with van der Waals surface area (Å²) in [7, 11) is 0. The molecule has 0 radical (unpaired) electrons. The minimum atomic E-state index is -0.311. The van der Waals surface area contributed by atoms with E-state index in [4.69, 9.17) is 23.7 Å². The maximum absolute atomic E-state index is 11.4. The largest absolute Gasteiger partial charge is 0.508 e. The van der Waals surface area contributed by atoms with Crippen molar-refractivity contribution in [1.82, 2.24) is 0 Å². The van der Waals surface area contributed by atoms with Crippen molar-refractivity contribution >= 4 is 11.9 Å². The minimum Gasteiger partial charge on any atom is -0.508 e. The predicted molar refractivity (Wildman–Crippen MR) is 162 cm³/mol. The highest BCUT2D eigenvalue weighted by Crippen LogP contribution is 2.28. The first-order valence-corrected chi connectivity index (χ1v) is 15.1. The molecule has 0 fully saturated rings. The molecule has 2 atom stereocenters. The first kappa shape index (κ1) is 32.0. The Morgan fingerprint density at radius 2 is 1.28 bits per heavy atom. The lowest BCUT2D eigenvalue weighted by Gasteiger charge is -2.25. The van der Waals surface area contributed by atoms with Gasteiger partial charge >= 0.3 is 11.9 Å². The number of carbonyl (C=O) groups excluding carboxylic acids is 2. The number of phenolic OH excluding ortho intramolecular Hbond substituents is 1. The molecule has 3 aromatic carbocycles. The molecule has 8 nitrogen and oxygen atoms in total. The number of hydrogen-bond acceptors (Lipinski definition) is 8. The fourth-order valence-electron chi connectivity index (χ4n) is 5.30. The molecule has 2 unspecified atom stereocenters. The van der Waals surface area contributed by atoms with Gasteiger partial charge in [0, 0.05) is 0 Å². The van der Waals surface area contributed by atoms with Crippen LogP contribution >= 0.6 is 0 Å². The van der Waals surface area contributed by atoms with Crippen LogP contribution < -0.4 is 4.74 Å².